The molecule has 0 bridgehead atoms. The summed E-state index contributed by atoms with van der Waals surface area (Å²) in [7, 11) is 0. The Morgan fingerprint density at radius 2 is 2.21 bits per heavy atom. The molecule has 1 aromatic carbocycles. The minimum atomic E-state index is -2.79. The normalized spacial score (nSPS) is 16.7. The van der Waals surface area contributed by atoms with Gasteiger partial charge in [-0.3, -0.25) is 0 Å². The summed E-state index contributed by atoms with van der Waals surface area (Å²) in [5, 5.41) is 3.33. The average molecular weight is 352 g/mol. The van der Waals surface area contributed by atoms with Crippen LogP contribution in [-0.4, -0.2) is 24.2 Å². The lowest BCUT2D eigenvalue weighted by molar-refractivity contribution is -0.0505. The molecule has 19 heavy (non-hydrogen) atoms. The van der Waals surface area contributed by atoms with Gasteiger partial charge in [0.2, 0.25) is 0 Å². The molecule has 0 saturated heterocycles. The Hall–Kier alpha value is -0.330. The first-order valence-corrected chi connectivity index (χ1v) is 8.05. The van der Waals surface area contributed by atoms with Gasteiger partial charge in [0, 0.05) is 27.9 Å². The minimum Gasteiger partial charge on any atom is -0.434 e. The van der Waals surface area contributed by atoms with Crippen LogP contribution in [0.2, 0.25) is 0 Å². The van der Waals surface area contributed by atoms with Crippen molar-refractivity contribution in [2.45, 2.75) is 30.7 Å². The summed E-state index contributed by atoms with van der Waals surface area (Å²) in [5.74, 6) is 0.236. The van der Waals surface area contributed by atoms with Gasteiger partial charge >= 0.3 is 6.61 Å². The van der Waals surface area contributed by atoms with Crippen LogP contribution in [0.3, 0.4) is 0 Å². The Bertz CT molecular complexity index is 441. The van der Waals surface area contributed by atoms with Gasteiger partial charge in [-0.05, 0) is 37.3 Å². The third-order valence-corrected chi connectivity index (χ3v) is 5.15. The quantitative estimate of drug-likeness (QED) is 0.801. The minimum absolute atomic E-state index is 0.236. The molecule has 1 aliphatic rings. The van der Waals surface area contributed by atoms with Gasteiger partial charge in [-0.1, -0.05) is 15.9 Å². The second-order valence-electron chi connectivity index (χ2n) is 4.62. The van der Waals surface area contributed by atoms with E-state index in [0.29, 0.717) is 11.3 Å². The van der Waals surface area contributed by atoms with Gasteiger partial charge in [0.25, 0.3) is 0 Å². The van der Waals surface area contributed by atoms with Crippen LogP contribution in [0.4, 0.5) is 8.78 Å². The van der Waals surface area contributed by atoms with Crippen LogP contribution in [-0.2, 0) is 6.54 Å². The Morgan fingerprint density at radius 1 is 1.47 bits per heavy atom. The number of thioether (sulfide) groups is 1. The second-order valence-corrected chi connectivity index (χ2v) is 6.81. The third kappa shape index (κ3) is 4.33. The number of halogens is 3. The number of alkyl halides is 2. The summed E-state index contributed by atoms with van der Waals surface area (Å²) in [6.07, 6.45) is 4.55. The van der Waals surface area contributed by atoms with Crippen LogP contribution >= 0.6 is 27.7 Å². The van der Waals surface area contributed by atoms with Gasteiger partial charge in [0.15, 0.2) is 0 Å². The zero-order chi connectivity index (χ0) is 13.9. The molecule has 1 N–H and O–H groups in total. The molecule has 0 spiro atoms. The molecule has 106 valence electrons. The van der Waals surface area contributed by atoms with Gasteiger partial charge in [-0.15, -0.1) is 0 Å². The highest BCUT2D eigenvalue weighted by Crippen LogP contribution is 2.46. The number of nitrogens with one attached hydrogen (secondary N) is 1. The molecule has 1 saturated carbocycles. The number of hydrogen-bond acceptors (Lipinski definition) is 3. The van der Waals surface area contributed by atoms with Crippen LogP contribution < -0.4 is 10.1 Å². The standard InChI is InChI=1S/C13H16BrF2NOS/c1-19-13(4-5-13)8-17-7-9-6-10(14)2-3-11(9)18-12(15)16/h2-3,6,12,17H,4-5,7-8H2,1H3. The fraction of sp³-hybridized carbons (Fsp3) is 0.538. The number of rotatable bonds is 7. The molecule has 1 aromatic rings. The molecule has 2 rings (SSSR count). The first kappa shape index (κ1) is 15.1. The fourth-order valence-electron chi connectivity index (χ4n) is 1.91. The maximum Gasteiger partial charge on any atom is 0.387 e. The van der Waals surface area contributed by atoms with E-state index >= 15 is 0 Å². The molecule has 1 aliphatic carbocycles. The van der Waals surface area contributed by atoms with Gasteiger partial charge in [-0.25, -0.2) is 0 Å². The van der Waals surface area contributed by atoms with Gasteiger partial charge < -0.3 is 10.1 Å². The molecule has 0 aliphatic heterocycles. The lowest BCUT2D eigenvalue weighted by atomic mass is 10.2. The van der Waals surface area contributed by atoms with Crippen molar-refractivity contribution in [1.82, 2.24) is 5.32 Å². The summed E-state index contributed by atoms with van der Waals surface area (Å²) < 4.78 is 30.4. The van der Waals surface area contributed by atoms with Crippen molar-refractivity contribution in [2.24, 2.45) is 0 Å². The molecule has 2 nitrogen and oxygen atoms in total. The smallest absolute Gasteiger partial charge is 0.387 e. The van der Waals surface area contributed by atoms with Crippen molar-refractivity contribution in [3.63, 3.8) is 0 Å². The lowest BCUT2D eigenvalue weighted by Gasteiger charge is -2.15. The molecular formula is C13H16BrF2NOS. The van der Waals surface area contributed by atoms with Crippen molar-refractivity contribution in [2.75, 3.05) is 12.8 Å². The molecule has 1 fully saturated rings. The monoisotopic (exact) mass is 351 g/mol. The predicted octanol–water partition coefficient (Wildman–Crippen LogP) is 4.04. The van der Waals surface area contributed by atoms with Gasteiger partial charge in [0.1, 0.15) is 5.75 Å². The molecule has 0 unspecified atom stereocenters. The third-order valence-electron chi connectivity index (χ3n) is 3.24. The first-order chi connectivity index (χ1) is 9.04. The van der Waals surface area contributed by atoms with Crippen molar-refractivity contribution in [3.8, 4) is 5.75 Å². The van der Waals surface area contributed by atoms with E-state index in [9.17, 15) is 8.78 Å². The van der Waals surface area contributed by atoms with E-state index in [-0.39, 0.29) is 5.75 Å². The van der Waals surface area contributed by atoms with E-state index in [1.165, 1.54) is 12.8 Å². The summed E-state index contributed by atoms with van der Waals surface area (Å²) in [6.45, 7) is -1.36. The Morgan fingerprint density at radius 3 is 2.79 bits per heavy atom. The van der Waals surface area contributed by atoms with Crippen LogP contribution in [0.5, 0.6) is 5.75 Å². The molecule has 0 heterocycles. The van der Waals surface area contributed by atoms with Crippen molar-refractivity contribution in [3.05, 3.63) is 28.2 Å². The maximum absolute atomic E-state index is 12.3. The molecular weight excluding hydrogens is 336 g/mol. The van der Waals surface area contributed by atoms with Crippen LogP contribution in [0.1, 0.15) is 18.4 Å². The highest BCUT2D eigenvalue weighted by Gasteiger charge is 2.41. The fourth-order valence-corrected chi connectivity index (χ4v) is 3.08. The van der Waals surface area contributed by atoms with E-state index in [1.54, 1.807) is 12.1 Å². The zero-order valence-corrected chi connectivity index (χ0v) is 13.0. The number of ether oxygens (including phenoxy) is 1. The summed E-state index contributed by atoms with van der Waals surface area (Å²) in [4.78, 5) is 0. The second kappa shape index (κ2) is 6.41. The lowest BCUT2D eigenvalue weighted by Crippen LogP contribution is -2.25. The SMILES string of the molecule is CSC1(CNCc2cc(Br)ccc2OC(F)F)CC1. The van der Waals surface area contributed by atoms with E-state index in [2.05, 4.69) is 32.2 Å². The topological polar surface area (TPSA) is 21.3 Å². The molecule has 0 amide bonds. The summed E-state index contributed by atoms with van der Waals surface area (Å²) in [5.41, 5.74) is 0.742. The number of benzene rings is 1. The van der Waals surface area contributed by atoms with E-state index in [0.717, 1.165) is 16.6 Å². The Labute approximate surface area is 124 Å². The molecule has 6 heteroatoms. The Balaban J connectivity index is 1.95. The first-order valence-electron chi connectivity index (χ1n) is 6.04. The maximum atomic E-state index is 12.3. The predicted molar refractivity (Wildman–Crippen MR) is 78.0 cm³/mol. The van der Waals surface area contributed by atoms with Crippen molar-refractivity contribution in [1.29, 1.82) is 0 Å². The van der Waals surface area contributed by atoms with Crippen molar-refractivity contribution >= 4 is 27.7 Å². The summed E-state index contributed by atoms with van der Waals surface area (Å²) >= 11 is 5.21. The van der Waals surface area contributed by atoms with Gasteiger partial charge in [0.05, 0.1) is 0 Å². The van der Waals surface area contributed by atoms with E-state index in [4.69, 9.17) is 0 Å². The van der Waals surface area contributed by atoms with E-state index in [1.807, 2.05) is 17.8 Å². The number of hydrogen-bond donors (Lipinski definition) is 1. The molecule has 0 aromatic heterocycles. The Kier molecular flexibility index (Phi) is 5.09. The zero-order valence-electron chi connectivity index (χ0n) is 10.6. The molecule has 0 radical (unpaired) electrons. The highest BCUT2D eigenvalue weighted by atomic mass is 79.9. The van der Waals surface area contributed by atoms with Crippen LogP contribution in [0.15, 0.2) is 22.7 Å². The van der Waals surface area contributed by atoms with Crippen molar-refractivity contribution < 1.29 is 13.5 Å². The van der Waals surface area contributed by atoms with Gasteiger partial charge in [-0.2, -0.15) is 20.5 Å². The summed E-state index contributed by atoms with van der Waals surface area (Å²) in [6, 6.07) is 5.07. The van der Waals surface area contributed by atoms with Crippen LogP contribution in [0.25, 0.3) is 0 Å². The average Bonchev–Trinajstić information content (AvgIpc) is 3.13. The van der Waals surface area contributed by atoms with Crippen LogP contribution in [0, 0.1) is 0 Å². The van der Waals surface area contributed by atoms with E-state index < -0.39 is 6.61 Å². The highest BCUT2D eigenvalue weighted by molar-refractivity contribution is 9.10. The largest absolute Gasteiger partial charge is 0.434 e. The molecule has 0 atom stereocenters.